The smallest absolute Gasteiger partial charge is 0.119 e. The lowest BCUT2D eigenvalue weighted by molar-refractivity contribution is 0.305. The molecule has 1 unspecified atom stereocenters. The van der Waals surface area contributed by atoms with Crippen molar-refractivity contribution in [3.05, 3.63) is 30.3 Å². The lowest BCUT2D eigenvalue weighted by Gasteiger charge is -2.07. The van der Waals surface area contributed by atoms with Crippen LogP contribution in [0.4, 0.5) is 0 Å². The third-order valence-electron chi connectivity index (χ3n) is 2.12. The van der Waals surface area contributed by atoms with Crippen LogP contribution >= 0.6 is 11.6 Å². The topological polar surface area (TPSA) is 9.23 Å². The van der Waals surface area contributed by atoms with E-state index in [0.29, 0.717) is 5.38 Å². The van der Waals surface area contributed by atoms with Gasteiger partial charge in [0.15, 0.2) is 0 Å². The van der Waals surface area contributed by atoms with Gasteiger partial charge >= 0.3 is 0 Å². The molecule has 0 aromatic heterocycles. The van der Waals surface area contributed by atoms with Gasteiger partial charge in [-0.2, -0.15) is 0 Å². The number of ether oxygens (including phenoxy) is 1. The quantitative estimate of drug-likeness (QED) is 0.514. The molecule has 0 aliphatic heterocycles. The predicted molar refractivity (Wildman–Crippen MR) is 61.1 cm³/mol. The highest BCUT2D eigenvalue weighted by molar-refractivity contribution is 6.20. The van der Waals surface area contributed by atoms with Crippen molar-refractivity contribution in [2.75, 3.05) is 6.61 Å². The standard InChI is InChI=1S/C12H17ClO/c1-2-11(13)7-6-10-14-12-8-4-3-5-9-12/h3-5,8-9,11H,2,6-7,10H2,1H3. The van der Waals surface area contributed by atoms with Crippen LogP contribution in [0.2, 0.25) is 0 Å². The average Bonchev–Trinajstić information content (AvgIpc) is 2.25. The zero-order chi connectivity index (χ0) is 10.2. The minimum Gasteiger partial charge on any atom is -0.494 e. The summed E-state index contributed by atoms with van der Waals surface area (Å²) in [6.45, 7) is 2.86. The third kappa shape index (κ3) is 4.52. The fourth-order valence-corrected chi connectivity index (χ4v) is 1.37. The first-order valence-corrected chi connectivity index (χ1v) is 5.58. The second-order valence-corrected chi connectivity index (χ2v) is 3.93. The van der Waals surface area contributed by atoms with Crippen molar-refractivity contribution in [2.24, 2.45) is 0 Å². The highest BCUT2D eigenvalue weighted by atomic mass is 35.5. The molecule has 0 amide bonds. The van der Waals surface area contributed by atoms with Gasteiger partial charge in [0.25, 0.3) is 0 Å². The van der Waals surface area contributed by atoms with E-state index in [2.05, 4.69) is 6.92 Å². The fraction of sp³-hybridized carbons (Fsp3) is 0.500. The Morgan fingerprint density at radius 3 is 2.64 bits per heavy atom. The molecule has 1 aromatic carbocycles. The van der Waals surface area contributed by atoms with Gasteiger partial charge < -0.3 is 4.74 Å². The molecule has 0 aliphatic carbocycles. The van der Waals surface area contributed by atoms with E-state index in [0.717, 1.165) is 31.6 Å². The predicted octanol–water partition coefficient (Wildman–Crippen LogP) is 3.86. The van der Waals surface area contributed by atoms with Crippen LogP contribution in [0, 0.1) is 0 Å². The molecule has 1 rings (SSSR count). The number of hydrogen-bond donors (Lipinski definition) is 0. The van der Waals surface area contributed by atoms with E-state index in [9.17, 15) is 0 Å². The summed E-state index contributed by atoms with van der Waals surface area (Å²) in [6.07, 6.45) is 3.09. The van der Waals surface area contributed by atoms with Gasteiger partial charge in [0.1, 0.15) is 5.75 Å². The Kier molecular flexibility index (Phi) is 5.46. The monoisotopic (exact) mass is 212 g/mol. The summed E-state index contributed by atoms with van der Waals surface area (Å²) in [6, 6.07) is 9.88. The minimum absolute atomic E-state index is 0.300. The summed E-state index contributed by atoms with van der Waals surface area (Å²) in [5.41, 5.74) is 0. The van der Waals surface area contributed by atoms with Gasteiger partial charge in [0.05, 0.1) is 6.61 Å². The first kappa shape index (κ1) is 11.4. The molecule has 0 saturated carbocycles. The summed E-state index contributed by atoms with van der Waals surface area (Å²) in [7, 11) is 0. The first-order valence-electron chi connectivity index (χ1n) is 5.15. The second-order valence-electron chi connectivity index (χ2n) is 3.31. The van der Waals surface area contributed by atoms with E-state index in [1.54, 1.807) is 0 Å². The maximum atomic E-state index is 5.99. The molecule has 1 nitrogen and oxygen atoms in total. The number of halogens is 1. The van der Waals surface area contributed by atoms with Gasteiger partial charge in [-0.25, -0.2) is 0 Å². The molecule has 0 bridgehead atoms. The summed E-state index contributed by atoms with van der Waals surface area (Å²) in [4.78, 5) is 0. The van der Waals surface area contributed by atoms with Crippen LogP contribution in [0.3, 0.4) is 0 Å². The lowest BCUT2D eigenvalue weighted by atomic mass is 10.2. The van der Waals surface area contributed by atoms with Crippen LogP contribution in [0.1, 0.15) is 26.2 Å². The molecule has 0 N–H and O–H groups in total. The van der Waals surface area contributed by atoms with E-state index < -0.39 is 0 Å². The summed E-state index contributed by atoms with van der Waals surface area (Å²) < 4.78 is 5.54. The third-order valence-corrected chi connectivity index (χ3v) is 2.64. The van der Waals surface area contributed by atoms with Crippen LogP contribution < -0.4 is 4.74 Å². The molecule has 78 valence electrons. The molecule has 0 aliphatic rings. The lowest BCUT2D eigenvalue weighted by Crippen LogP contribution is -2.02. The van der Waals surface area contributed by atoms with Crippen LogP contribution in [0.25, 0.3) is 0 Å². The maximum absolute atomic E-state index is 5.99. The molecular weight excluding hydrogens is 196 g/mol. The normalized spacial score (nSPS) is 12.4. The number of rotatable bonds is 6. The fourth-order valence-electron chi connectivity index (χ4n) is 1.22. The summed E-state index contributed by atoms with van der Waals surface area (Å²) in [5, 5.41) is 0.300. The molecule has 1 aromatic rings. The molecule has 0 radical (unpaired) electrons. The number of benzene rings is 1. The molecule has 0 heterocycles. The Morgan fingerprint density at radius 2 is 2.00 bits per heavy atom. The molecule has 0 saturated heterocycles. The number of para-hydroxylation sites is 1. The van der Waals surface area contributed by atoms with Crippen molar-refractivity contribution in [2.45, 2.75) is 31.6 Å². The van der Waals surface area contributed by atoms with Gasteiger partial charge in [0, 0.05) is 5.38 Å². The average molecular weight is 213 g/mol. The Morgan fingerprint density at radius 1 is 1.29 bits per heavy atom. The first-order chi connectivity index (χ1) is 6.83. The Bertz CT molecular complexity index is 235. The molecule has 0 spiro atoms. The van der Waals surface area contributed by atoms with Crippen molar-refractivity contribution >= 4 is 11.6 Å². The van der Waals surface area contributed by atoms with E-state index in [4.69, 9.17) is 16.3 Å². The number of alkyl halides is 1. The van der Waals surface area contributed by atoms with Crippen LogP contribution in [-0.2, 0) is 0 Å². The zero-order valence-electron chi connectivity index (χ0n) is 8.58. The van der Waals surface area contributed by atoms with Crippen molar-refractivity contribution in [1.82, 2.24) is 0 Å². The summed E-state index contributed by atoms with van der Waals surface area (Å²) in [5.74, 6) is 0.940. The Labute approximate surface area is 91.0 Å². The van der Waals surface area contributed by atoms with Crippen LogP contribution in [-0.4, -0.2) is 12.0 Å². The van der Waals surface area contributed by atoms with Crippen LogP contribution in [0.15, 0.2) is 30.3 Å². The van der Waals surface area contributed by atoms with E-state index in [-0.39, 0.29) is 0 Å². The van der Waals surface area contributed by atoms with Gasteiger partial charge in [-0.15, -0.1) is 11.6 Å². The van der Waals surface area contributed by atoms with Gasteiger partial charge in [-0.3, -0.25) is 0 Å². The van der Waals surface area contributed by atoms with E-state index in [1.165, 1.54) is 0 Å². The van der Waals surface area contributed by atoms with E-state index >= 15 is 0 Å². The SMILES string of the molecule is CCC(Cl)CCCOc1ccccc1. The largest absolute Gasteiger partial charge is 0.494 e. The van der Waals surface area contributed by atoms with Gasteiger partial charge in [-0.05, 0) is 31.4 Å². The molecule has 2 heteroatoms. The molecule has 14 heavy (non-hydrogen) atoms. The second kappa shape index (κ2) is 6.72. The van der Waals surface area contributed by atoms with Crippen LogP contribution in [0.5, 0.6) is 5.75 Å². The van der Waals surface area contributed by atoms with Crippen molar-refractivity contribution in [3.63, 3.8) is 0 Å². The van der Waals surface area contributed by atoms with Gasteiger partial charge in [0.2, 0.25) is 0 Å². The Balaban J connectivity index is 2.10. The highest BCUT2D eigenvalue weighted by Crippen LogP contribution is 2.12. The Hall–Kier alpha value is -0.690. The minimum atomic E-state index is 0.300. The van der Waals surface area contributed by atoms with Crippen molar-refractivity contribution < 1.29 is 4.74 Å². The maximum Gasteiger partial charge on any atom is 0.119 e. The highest BCUT2D eigenvalue weighted by Gasteiger charge is 2.00. The zero-order valence-corrected chi connectivity index (χ0v) is 9.33. The summed E-state index contributed by atoms with van der Waals surface area (Å²) >= 11 is 5.99. The van der Waals surface area contributed by atoms with Gasteiger partial charge in [-0.1, -0.05) is 25.1 Å². The molecular formula is C12H17ClO. The van der Waals surface area contributed by atoms with E-state index in [1.807, 2.05) is 30.3 Å². The molecule has 1 atom stereocenters. The molecule has 0 fully saturated rings. The van der Waals surface area contributed by atoms with Crippen molar-refractivity contribution in [1.29, 1.82) is 0 Å². The van der Waals surface area contributed by atoms with Crippen molar-refractivity contribution in [3.8, 4) is 5.75 Å². The number of hydrogen-bond acceptors (Lipinski definition) is 1.